The van der Waals surface area contributed by atoms with Crippen LogP contribution in [-0.4, -0.2) is 18.4 Å². The Bertz CT molecular complexity index is 330. The van der Waals surface area contributed by atoms with E-state index in [-0.39, 0.29) is 11.9 Å². The van der Waals surface area contributed by atoms with Crippen molar-refractivity contribution in [3.05, 3.63) is 24.3 Å². The van der Waals surface area contributed by atoms with E-state index in [1.165, 1.54) is 0 Å². The van der Waals surface area contributed by atoms with Gasteiger partial charge in [0.1, 0.15) is 5.78 Å². The molecule has 0 aromatic heterocycles. The van der Waals surface area contributed by atoms with Gasteiger partial charge in [-0.25, -0.2) is 0 Å². The Balaban J connectivity index is 1.91. The van der Waals surface area contributed by atoms with E-state index in [9.17, 15) is 9.59 Å². The number of rotatable bonds is 10. The van der Waals surface area contributed by atoms with Crippen LogP contribution in [0.5, 0.6) is 0 Å². The van der Waals surface area contributed by atoms with E-state index in [2.05, 4.69) is 0 Å². The highest BCUT2D eigenvalue weighted by atomic mass is 16.5. The van der Waals surface area contributed by atoms with Crippen LogP contribution >= 0.6 is 0 Å². The molecule has 0 aliphatic heterocycles. The summed E-state index contributed by atoms with van der Waals surface area (Å²) in [6, 6.07) is 0. The quantitative estimate of drug-likeness (QED) is 0.447. The molecule has 0 heterocycles. The van der Waals surface area contributed by atoms with E-state index >= 15 is 0 Å². The molecule has 0 saturated heterocycles. The Morgan fingerprint density at radius 3 is 2.16 bits per heavy atom. The smallest absolute Gasteiger partial charge is 0.305 e. The number of hydrogen-bond donors (Lipinski definition) is 0. The number of carbonyl (C=O) groups excluding carboxylic acids is 2. The van der Waals surface area contributed by atoms with E-state index in [0.717, 1.165) is 32.1 Å². The fourth-order valence-corrected chi connectivity index (χ4v) is 2.15. The summed E-state index contributed by atoms with van der Waals surface area (Å²) in [5, 5.41) is 0. The molecule has 0 atom stereocenters. The predicted molar refractivity (Wildman–Crippen MR) is 75.7 cm³/mol. The summed E-state index contributed by atoms with van der Waals surface area (Å²) >= 11 is 0. The minimum Gasteiger partial charge on any atom is -0.466 e. The molecule has 0 aromatic rings. The summed E-state index contributed by atoms with van der Waals surface area (Å²) in [5.74, 6) is 0.234. The third kappa shape index (κ3) is 6.94. The highest BCUT2D eigenvalue weighted by Gasteiger charge is 2.13. The maximum absolute atomic E-state index is 11.7. The highest BCUT2D eigenvalue weighted by molar-refractivity contribution is 5.85. The Kier molecular flexibility index (Phi) is 7.87. The SMILES string of the molecule is CCOC(=O)CCCCCCCC(=O)C1C=CC=C1. The monoisotopic (exact) mass is 264 g/mol. The normalized spacial score (nSPS) is 13.9. The minimum atomic E-state index is -0.0996. The van der Waals surface area contributed by atoms with Crippen LogP contribution in [0.3, 0.4) is 0 Å². The van der Waals surface area contributed by atoms with E-state index < -0.39 is 0 Å². The van der Waals surface area contributed by atoms with Gasteiger partial charge in [-0.2, -0.15) is 0 Å². The van der Waals surface area contributed by atoms with E-state index in [4.69, 9.17) is 4.74 Å². The summed E-state index contributed by atoms with van der Waals surface area (Å²) in [6.45, 7) is 2.29. The summed E-state index contributed by atoms with van der Waals surface area (Å²) in [4.78, 5) is 22.8. The maximum atomic E-state index is 11.7. The lowest BCUT2D eigenvalue weighted by atomic mass is 10.00. The Labute approximate surface area is 115 Å². The standard InChI is InChI=1S/C16H24O3/c1-2-19-16(18)13-7-5-3-4-6-12-15(17)14-10-8-9-11-14/h8-11,14H,2-7,12-13H2,1H3. The van der Waals surface area contributed by atoms with Crippen molar-refractivity contribution in [2.45, 2.75) is 51.9 Å². The number of esters is 1. The van der Waals surface area contributed by atoms with Crippen molar-refractivity contribution in [2.24, 2.45) is 5.92 Å². The Morgan fingerprint density at radius 1 is 0.947 bits per heavy atom. The van der Waals surface area contributed by atoms with Gasteiger partial charge in [0.05, 0.1) is 12.5 Å². The van der Waals surface area contributed by atoms with E-state index in [1.807, 2.05) is 31.2 Å². The zero-order chi connectivity index (χ0) is 13.9. The molecule has 0 amide bonds. The molecule has 1 aliphatic carbocycles. The Morgan fingerprint density at radius 2 is 1.53 bits per heavy atom. The fraction of sp³-hybridized carbons (Fsp3) is 0.625. The summed E-state index contributed by atoms with van der Waals surface area (Å²) in [7, 11) is 0. The second-order valence-corrected chi connectivity index (χ2v) is 4.83. The van der Waals surface area contributed by atoms with Gasteiger partial charge in [0, 0.05) is 12.8 Å². The van der Waals surface area contributed by atoms with Crippen molar-refractivity contribution in [3.8, 4) is 0 Å². The minimum absolute atomic E-state index is 0.0174. The second kappa shape index (κ2) is 9.54. The average Bonchev–Trinajstić information content (AvgIpc) is 2.91. The van der Waals surface area contributed by atoms with Crippen LogP contribution in [0.4, 0.5) is 0 Å². The molecule has 106 valence electrons. The molecule has 0 saturated carbocycles. The van der Waals surface area contributed by atoms with Crippen LogP contribution in [-0.2, 0) is 14.3 Å². The molecule has 0 N–H and O–H groups in total. The molecule has 0 aromatic carbocycles. The van der Waals surface area contributed by atoms with Gasteiger partial charge in [-0.1, -0.05) is 43.6 Å². The molecule has 0 fully saturated rings. The lowest BCUT2D eigenvalue weighted by Gasteiger charge is -2.04. The largest absolute Gasteiger partial charge is 0.466 e. The van der Waals surface area contributed by atoms with Crippen molar-refractivity contribution in [1.29, 1.82) is 0 Å². The number of carbonyl (C=O) groups is 2. The third-order valence-electron chi connectivity index (χ3n) is 3.23. The Hall–Kier alpha value is -1.38. The molecule has 3 nitrogen and oxygen atoms in total. The first-order valence-corrected chi connectivity index (χ1v) is 7.27. The van der Waals surface area contributed by atoms with Gasteiger partial charge in [-0.15, -0.1) is 0 Å². The lowest BCUT2D eigenvalue weighted by Crippen LogP contribution is -2.07. The van der Waals surface area contributed by atoms with Crippen molar-refractivity contribution < 1.29 is 14.3 Å². The third-order valence-corrected chi connectivity index (χ3v) is 3.23. The topological polar surface area (TPSA) is 43.4 Å². The summed E-state index contributed by atoms with van der Waals surface area (Å²) in [6.07, 6.45) is 14.0. The molecule has 1 rings (SSSR count). The van der Waals surface area contributed by atoms with Crippen molar-refractivity contribution in [2.75, 3.05) is 6.61 Å². The fourth-order valence-electron chi connectivity index (χ4n) is 2.15. The van der Waals surface area contributed by atoms with Gasteiger partial charge >= 0.3 is 5.97 Å². The first-order chi connectivity index (χ1) is 9.24. The number of unbranched alkanes of at least 4 members (excludes halogenated alkanes) is 4. The van der Waals surface area contributed by atoms with Crippen LogP contribution in [0.1, 0.15) is 51.9 Å². The molecule has 3 heteroatoms. The van der Waals surface area contributed by atoms with Crippen LogP contribution in [0.25, 0.3) is 0 Å². The summed E-state index contributed by atoms with van der Waals surface area (Å²) < 4.78 is 4.86. The predicted octanol–water partition coefficient (Wildman–Crippen LogP) is 3.59. The van der Waals surface area contributed by atoms with Crippen molar-refractivity contribution in [3.63, 3.8) is 0 Å². The summed E-state index contributed by atoms with van der Waals surface area (Å²) in [5.41, 5.74) is 0. The average molecular weight is 264 g/mol. The number of ketones is 1. The molecule has 0 spiro atoms. The van der Waals surface area contributed by atoms with Gasteiger partial charge in [-0.3, -0.25) is 9.59 Å². The maximum Gasteiger partial charge on any atom is 0.305 e. The highest BCUT2D eigenvalue weighted by Crippen LogP contribution is 2.15. The zero-order valence-electron chi connectivity index (χ0n) is 11.8. The van der Waals surface area contributed by atoms with Crippen LogP contribution < -0.4 is 0 Å². The van der Waals surface area contributed by atoms with Crippen LogP contribution in [0.15, 0.2) is 24.3 Å². The van der Waals surface area contributed by atoms with Crippen molar-refractivity contribution in [1.82, 2.24) is 0 Å². The molecule has 1 aliphatic rings. The van der Waals surface area contributed by atoms with Crippen LogP contribution in [0.2, 0.25) is 0 Å². The number of hydrogen-bond acceptors (Lipinski definition) is 3. The lowest BCUT2D eigenvalue weighted by molar-refractivity contribution is -0.143. The number of ether oxygens (including phenoxy) is 1. The molecule has 0 radical (unpaired) electrons. The number of allylic oxidation sites excluding steroid dienone is 4. The van der Waals surface area contributed by atoms with E-state index in [0.29, 0.717) is 25.2 Å². The second-order valence-electron chi connectivity index (χ2n) is 4.83. The van der Waals surface area contributed by atoms with Gasteiger partial charge in [-0.05, 0) is 19.8 Å². The van der Waals surface area contributed by atoms with Gasteiger partial charge < -0.3 is 4.74 Å². The molecule has 19 heavy (non-hydrogen) atoms. The molecular weight excluding hydrogens is 240 g/mol. The molecule has 0 bridgehead atoms. The van der Waals surface area contributed by atoms with E-state index in [1.54, 1.807) is 0 Å². The number of Topliss-reactive ketones (excluding diaryl/α,β-unsaturated/α-hetero) is 1. The van der Waals surface area contributed by atoms with Crippen LogP contribution in [0, 0.1) is 5.92 Å². The van der Waals surface area contributed by atoms with Gasteiger partial charge in [0.25, 0.3) is 0 Å². The molecular formula is C16H24O3. The molecule has 0 unspecified atom stereocenters. The zero-order valence-corrected chi connectivity index (χ0v) is 11.8. The van der Waals surface area contributed by atoms with Gasteiger partial charge in [0.15, 0.2) is 0 Å². The first-order valence-electron chi connectivity index (χ1n) is 7.27. The van der Waals surface area contributed by atoms with Gasteiger partial charge in [0.2, 0.25) is 0 Å². The first kappa shape index (κ1) is 15.7. The van der Waals surface area contributed by atoms with Crippen molar-refractivity contribution >= 4 is 11.8 Å².